The molecule has 1 unspecified atom stereocenters. The lowest BCUT2D eigenvalue weighted by atomic mass is 10.1. The number of aliphatic hydroxyl groups is 1. The molecule has 0 aliphatic rings. The van der Waals surface area contributed by atoms with E-state index in [1.165, 1.54) is 54.2 Å². The van der Waals surface area contributed by atoms with E-state index in [9.17, 15) is 18.7 Å². The van der Waals surface area contributed by atoms with Gasteiger partial charge in [-0.05, 0) is 49.7 Å². The fourth-order valence-electron chi connectivity index (χ4n) is 2.63. The molecule has 6 nitrogen and oxygen atoms in total. The quantitative estimate of drug-likeness (QED) is 0.721. The minimum atomic E-state index is -0.621. The van der Waals surface area contributed by atoms with E-state index in [0.29, 0.717) is 5.69 Å². The maximum Gasteiger partial charge on any atom is 0.256 e. The molecule has 0 fully saturated rings. The van der Waals surface area contributed by atoms with Gasteiger partial charge in [-0.15, -0.1) is 5.10 Å². The van der Waals surface area contributed by atoms with Gasteiger partial charge in [0.25, 0.3) is 5.91 Å². The van der Waals surface area contributed by atoms with Crippen LogP contribution in [0.4, 0.5) is 14.5 Å². The molecular formula is C19H18F2N4O2. The Bertz CT molecular complexity index is 986. The van der Waals surface area contributed by atoms with Crippen molar-refractivity contribution in [3.05, 3.63) is 65.4 Å². The zero-order chi connectivity index (χ0) is 19.6. The molecule has 3 rings (SSSR count). The molecule has 0 radical (unpaired) electrons. The zero-order valence-corrected chi connectivity index (χ0v) is 14.8. The smallest absolute Gasteiger partial charge is 0.256 e. The topological polar surface area (TPSA) is 80.0 Å². The van der Waals surface area contributed by atoms with Crippen LogP contribution >= 0.6 is 0 Å². The molecule has 0 saturated carbocycles. The highest BCUT2D eigenvalue weighted by molar-refractivity contribution is 6.05. The summed E-state index contributed by atoms with van der Waals surface area (Å²) in [5, 5.41) is 19.8. The summed E-state index contributed by atoms with van der Waals surface area (Å²) in [6, 6.07) is 8.29. The van der Waals surface area contributed by atoms with E-state index in [1.54, 1.807) is 6.92 Å². The Labute approximate surface area is 154 Å². The average Bonchev–Trinajstić information content (AvgIpc) is 3.06. The maximum atomic E-state index is 14.2. The van der Waals surface area contributed by atoms with Crippen LogP contribution in [-0.4, -0.2) is 32.1 Å². The summed E-state index contributed by atoms with van der Waals surface area (Å²) < 4.78 is 29.3. The van der Waals surface area contributed by atoms with E-state index in [-0.39, 0.29) is 28.9 Å². The molecule has 3 aromatic rings. The van der Waals surface area contributed by atoms with E-state index >= 15 is 0 Å². The Balaban J connectivity index is 1.86. The van der Waals surface area contributed by atoms with E-state index in [1.807, 2.05) is 0 Å². The molecular weight excluding hydrogens is 354 g/mol. The SMILES string of the molecule is Cc1c(F)cccc1C(=O)Nc1ccc(F)c(-c2cn(CC(C)O)nn2)c1. The van der Waals surface area contributed by atoms with E-state index < -0.39 is 23.6 Å². The Kier molecular flexibility index (Phi) is 5.27. The van der Waals surface area contributed by atoms with Gasteiger partial charge in [0.05, 0.1) is 18.8 Å². The highest BCUT2D eigenvalue weighted by Crippen LogP contribution is 2.25. The predicted molar refractivity (Wildman–Crippen MR) is 96.2 cm³/mol. The molecule has 27 heavy (non-hydrogen) atoms. The number of rotatable bonds is 5. The van der Waals surface area contributed by atoms with Gasteiger partial charge < -0.3 is 10.4 Å². The van der Waals surface area contributed by atoms with Gasteiger partial charge in [0.15, 0.2) is 0 Å². The van der Waals surface area contributed by atoms with Crippen molar-refractivity contribution >= 4 is 11.6 Å². The molecule has 8 heteroatoms. The van der Waals surface area contributed by atoms with Crippen molar-refractivity contribution in [3.8, 4) is 11.3 Å². The lowest BCUT2D eigenvalue weighted by Crippen LogP contribution is -2.14. The van der Waals surface area contributed by atoms with Crippen molar-refractivity contribution in [1.29, 1.82) is 0 Å². The number of aromatic nitrogens is 3. The van der Waals surface area contributed by atoms with Crippen molar-refractivity contribution in [2.75, 3.05) is 5.32 Å². The first-order chi connectivity index (χ1) is 12.8. The molecule has 0 saturated heterocycles. The minimum absolute atomic E-state index is 0.153. The standard InChI is InChI=1S/C19H18F2N4O2/c1-11(26)9-25-10-18(23-24-25)15-8-13(6-7-17(15)21)22-19(27)14-4-3-5-16(20)12(14)2/h3-8,10-11,26H,9H2,1-2H3,(H,22,27). The van der Waals surface area contributed by atoms with E-state index in [2.05, 4.69) is 15.6 Å². The van der Waals surface area contributed by atoms with Gasteiger partial charge in [-0.2, -0.15) is 0 Å². The first-order valence-corrected chi connectivity index (χ1v) is 8.29. The summed E-state index contributed by atoms with van der Waals surface area (Å²) in [6.45, 7) is 3.34. The Morgan fingerprint density at radius 3 is 2.78 bits per heavy atom. The lowest BCUT2D eigenvalue weighted by Gasteiger charge is -2.09. The fourth-order valence-corrected chi connectivity index (χ4v) is 2.63. The number of hydrogen-bond donors (Lipinski definition) is 2. The monoisotopic (exact) mass is 372 g/mol. The second kappa shape index (κ2) is 7.63. The van der Waals surface area contributed by atoms with Crippen molar-refractivity contribution in [1.82, 2.24) is 15.0 Å². The van der Waals surface area contributed by atoms with Crippen LogP contribution in [0.2, 0.25) is 0 Å². The number of aliphatic hydroxyl groups excluding tert-OH is 1. The van der Waals surface area contributed by atoms with Crippen LogP contribution in [0.3, 0.4) is 0 Å². The molecule has 1 aromatic heterocycles. The summed E-state index contributed by atoms with van der Waals surface area (Å²) >= 11 is 0. The van der Waals surface area contributed by atoms with Gasteiger partial charge in [0.2, 0.25) is 0 Å². The predicted octanol–water partition coefficient (Wildman–Crippen LogP) is 3.16. The maximum absolute atomic E-state index is 14.2. The first-order valence-electron chi connectivity index (χ1n) is 8.29. The number of amides is 1. The van der Waals surface area contributed by atoms with Crippen molar-refractivity contribution in [2.24, 2.45) is 0 Å². The molecule has 1 heterocycles. The van der Waals surface area contributed by atoms with Crippen LogP contribution in [0, 0.1) is 18.6 Å². The largest absolute Gasteiger partial charge is 0.391 e. The van der Waals surface area contributed by atoms with Gasteiger partial charge in [0.1, 0.15) is 17.3 Å². The summed E-state index contributed by atoms with van der Waals surface area (Å²) in [7, 11) is 0. The molecule has 1 amide bonds. The van der Waals surface area contributed by atoms with Crippen LogP contribution in [-0.2, 0) is 6.54 Å². The normalized spacial score (nSPS) is 12.0. The van der Waals surface area contributed by atoms with E-state index in [4.69, 9.17) is 0 Å². The van der Waals surface area contributed by atoms with Gasteiger partial charge in [0, 0.05) is 16.8 Å². The highest BCUT2D eigenvalue weighted by Gasteiger charge is 2.15. The van der Waals surface area contributed by atoms with Gasteiger partial charge >= 0.3 is 0 Å². The molecule has 1 atom stereocenters. The third kappa shape index (κ3) is 4.17. The Hall–Kier alpha value is -3.13. The molecule has 0 aliphatic heterocycles. The van der Waals surface area contributed by atoms with Crippen molar-refractivity contribution in [3.63, 3.8) is 0 Å². The van der Waals surface area contributed by atoms with Crippen LogP contribution in [0.15, 0.2) is 42.6 Å². The van der Waals surface area contributed by atoms with Gasteiger partial charge in [-0.3, -0.25) is 4.79 Å². The molecule has 2 aromatic carbocycles. The Morgan fingerprint density at radius 1 is 1.26 bits per heavy atom. The third-order valence-electron chi connectivity index (χ3n) is 4.00. The number of carbonyl (C=O) groups is 1. The van der Waals surface area contributed by atoms with Crippen LogP contribution in [0.5, 0.6) is 0 Å². The average molecular weight is 372 g/mol. The molecule has 0 spiro atoms. The number of nitrogens with zero attached hydrogens (tertiary/aromatic N) is 3. The van der Waals surface area contributed by atoms with Crippen LogP contribution < -0.4 is 5.32 Å². The van der Waals surface area contributed by atoms with Crippen molar-refractivity contribution < 1.29 is 18.7 Å². The van der Waals surface area contributed by atoms with Gasteiger partial charge in [-0.1, -0.05) is 11.3 Å². The van der Waals surface area contributed by atoms with Gasteiger partial charge in [-0.25, -0.2) is 13.5 Å². The highest BCUT2D eigenvalue weighted by atomic mass is 19.1. The Morgan fingerprint density at radius 2 is 2.04 bits per heavy atom. The summed E-state index contributed by atoms with van der Waals surface area (Å²) in [5.41, 5.74) is 1.19. The lowest BCUT2D eigenvalue weighted by molar-refractivity contribution is 0.102. The summed E-state index contributed by atoms with van der Waals surface area (Å²) in [4.78, 5) is 12.4. The fraction of sp³-hybridized carbons (Fsp3) is 0.211. The second-order valence-electron chi connectivity index (χ2n) is 6.24. The third-order valence-corrected chi connectivity index (χ3v) is 4.00. The first kappa shape index (κ1) is 18.7. The molecule has 2 N–H and O–H groups in total. The number of halogens is 2. The summed E-state index contributed by atoms with van der Waals surface area (Å²) in [5.74, 6) is -1.50. The van der Waals surface area contributed by atoms with Crippen LogP contribution in [0.1, 0.15) is 22.8 Å². The summed E-state index contributed by atoms with van der Waals surface area (Å²) in [6.07, 6.45) is 0.887. The molecule has 0 aliphatic carbocycles. The number of carbonyl (C=O) groups excluding carboxylic acids is 1. The number of benzene rings is 2. The number of anilines is 1. The number of hydrogen-bond acceptors (Lipinski definition) is 4. The van der Waals surface area contributed by atoms with E-state index in [0.717, 1.165) is 0 Å². The zero-order valence-electron chi connectivity index (χ0n) is 14.8. The minimum Gasteiger partial charge on any atom is -0.391 e. The molecule has 140 valence electrons. The molecule has 0 bridgehead atoms. The number of nitrogens with one attached hydrogen (secondary N) is 1. The second-order valence-corrected chi connectivity index (χ2v) is 6.24. The van der Waals surface area contributed by atoms with Crippen molar-refractivity contribution in [2.45, 2.75) is 26.5 Å². The van der Waals surface area contributed by atoms with Crippen LogP contribution in [0.25, 0.3) is 11.3 Å².